The lowest BCUT2D eigenvalue weighted by molar-refractivity contribution is 0.554. The Labute approximate surface area is 103 Å². The predicted octanol–water partition coefficient (Wildman–Crippen LogP) is 3.83. The van der Waals surface area contributed by atoms with Crippen molar-refractivity contribution in [2.75, 3.05) is 13.1 Å². The molecule has 0 unspecified atom stereocenters. The molecule has 4 N–H and O–H groups in total. The molecule has 0 spiro atoms. The van der Waals surface area contributed by atoms with E-state index >= 15 is 0 Å². The highest BCUT2D eigenvalue weighted by atomic mass is 14.5. The van der Waals surface area contributed by atoms with E-state index in [1.54, 1.807) is 0 Å². The van der Waals surface area contributed by atoms with Crippen molar-refractivity contribution in [2.45, 2.75) is 78.1 Å². The molecule has 0 saturated heterocycles. The molecule has 0 fully saturated rings. The van der Waals surface area contributed by atoms with Crippen LogP contribution in [0.15, 0.2) is 0 Å². The summed E-state index contributed by atoms with van der Waals surface area (Å²) in [5.41, 5.74) is 10.9. The van der Waals surface area contributed by atoms with Crippen molar-refractivity contribution in [3.63, 3.8) is 0 Å². The highest BCUT2D eigenvalue weighted by molar-refractivity contribution is 4.48. The van der Waals surface area contributed by atoms with E-state index in [0.29, 0.717) is 0 Å². The molecule has 0 aromatic rings. The molecule has 0 heterocycles. The van der Waals surface area contributed by atoms with Gasteiger partial charge in [-0.05, 0) is 25.9 Å². The van der Waals surface area contributed by atoms with Crippen molar-refractivity contribution in [3.05, 3.63) is 0 Å². The van der Waals surface area contributed by atoms with Crippen LogP contribution in [-0.2, 0) is 0 Å². The lowest BCUT2D eigenvalue weighted by Crippen LogP contribution is -1.97. The third-order valence-corrected chi connectivity index (χ3v) is 2.66. The minimum absolute atomic E-state index is 0.860. The summed E-state index contributed by atoms with van der Waals surface area (Å²) in [5.74, 6) is 0. The van der Waals surface area contributed by atoms with Crippen LogP contribution >= 0.6 is 0 Å². The molecule has 0 amide bonds. The Kier molecular flexibility index (Phi) is 23.3. The van der Waals surface area contributed by atoms with Gasteiger partial charge in [0.25, 0.3) is 0 Å². The molecule has 0 bridgehead atoms. The second-order valence-electron chi connectivity index (χ2n) is 4.11. The molecule has 0 radical (unpaired) electrons. The summed E-state index contributed by atoms with van der Waals surface area (Å²) in [5, 5.41) is 0. The molecule has 0 saturated carbocycles. The second-order valence-corrected chi connectivity index (χ2v) is 4.11. The van der Waals surface area contributed by atoms with E-state index in [4.69, 9.17) is 11.5 Å². The Morgan fingerprint density at radius 3 is 0.812 bits per heavy atom. The molecule has 0 aliphatic rings. The van der Waals surface area contributed by atoms with Gasteiger partial charge in [-0.25, -0.2) is 0 Å². The molecule has 2 heteroatoms. The summed E-state index contributed by atoms with van der Waals surface area (Å²) in [4.78, 5) is 0. The SMILES string of the molecule is CC.NCCCCCCCCCCCCN. The number of hydrogen-bond donors (Lipinski definition) is 2. The topological polar surface area (TPSA) is 52.0 Å². The minimum Gasteiger partial charge on any atom is -0.330 e. The van der Waals surface area contributed by atoms with E-state index < -0.39 is 0 Å². The van der Waals surface area contributed by atoms with Crippen molar-refractivity contribution in [1.29, 1.82) is 0 Å². The number of nitrogens with two attached hydrogens (primary N) is 2. The van der Waals surface area contributed by atoms with Crippen molar-refractivity contribution < 1.29 is 0 Å². The Morgan fingerprint density at radius 1 is 0.438 bits per heavy atom. The van der Waals surface area contributed by atoms with Gasteiger partial charge in [0.05, 0.1) is 0 Å². The Bertz CT molecular complexity index is 82.7. The largest absolute Gasteiger partial charge is 0.330 e. The van der Waals surface area contributed by atoms with Gasteiger partial charge in [0.15, 0.2) is 0 Å². The van der Waals surface area contributed by atoms with Crippen LogP contribution in [0.5, 0.6) is 0 Å². The summed E-state index contributed by atoms with van der Waals surface area (Å²) in [7, 11) is 0. The quantitative estimate of drug-likeness (QED) is 0.530. The Morgan fingerprint density at radius 2 is 0.625 bits per heavy atom. The first-order chi connectivity index (χ1) is 7.91. The fraction of sp³-hybridized carbons (Fsp3) is 1.00. The summed E-state index contributed by atoms with van der Waals surface area (Å²) in [6, 6.07) is 0. The normalized spacial score (nSPS) is 9.75. The smallest absolute Gasteiger partial charge is 0.00773 e. The molecule has 0 aromatic heterocycles. The predicted molar refractivity (Wildman–Crippen MR) is 75.6 cm³/mol. The highest BCUT2D eigenvalue weighted by Gasteiger charge is 1.91. The maximum atomic E-state index is 5.43. The van der Waals surface area contributed by atoms with Gasteiger partial charge < -0.3 is 11.5 Å². The zero-order chi connectivity index (χ0) is 12.5. The van der Waals surface area contributed by atoms with Gasteiger partial charge in [-0.2, -0.15) is 0 Å². The third-order valence-electron chi connectivity index (χ3n) is 2.66. The van der Waals surface area contributed by atoms with Gasteiger partial charge in [-0.15, -0.1) is 0 Å². The van der Waals surface area contributed by atoms with Crippen LogP contribution in [0.4, 0.5) is 0 Å². The van der Waals surface area contributed by atoms with Crippen molar-refractivity contribution >= 4 is 0 Å². The minimum atomic E-state index is 0.860. The summed E-state index contributed by atoms with van der Waals surface area (Å²) in [6.45, 7) is 5.72. The first kappa shape index (κ1) is 18.3. The van der Waals surface area contributed by atoms with Crippen LogP contribution in [0.3, 0.4) is 0 Å². The first-order valence-electron chi connectivity index (χ1n) is 7.32. The van der Waals surface area contributed by atoms with Gasteiger partial charge >= 0.3 is 0 Å². The van der Waals surface area contributed by atoms with Crippen molar-refractivity contribution in [3.8, 4) is 0 Å². The maximum Gasteiger partial charge on any atom is -0.00773 e. The van der Waals surface area contributed by atoms with Gasteiger partial charge in [0, 0.05) is 0 Å². The first-order valence-corrected chi connectivity index (χ1v) is 7.32. The monoisotopic (exact) mass is 230 g/mol. The van der Waals surface area contributed by atoms with E-state index in [1.165, 1.54) is 64.2 Å². The van der Waals surface area contributed by atoms with Crippen molar-refractivity contribution in [1.82, 2.24) is 0 Å². The molecular formula is C14H34N2. The van der Waals surface area contributed by atoms with Crippen LogP contribution in [0, 0.1) is 0 Å². The summed E-state index contributed by atoms with van der Waals surface area (Å²) < 4.78 is 0. The van der Waals surface area contributed by atoms with Crippen LogP contribution < -0.4 is 11.5 Å². The van der Waals surface area contributed by atoms with Crippen LogP contribution in [-0.4, -0.2) is 13.1 Å². The summed E-state index contributed by atoms with van der Waals surface area (Å²) >= 11 is 0. The molecule has 0 atom stereocenters. The maximum absolute atomic E-state index is 5.43. The zero-order valence-electron chi connectivity index (χ0n) is 11.6. The molecule has 0 aliphatic heterocycles. The van der Waals surface area contributed by atoms with Gasteiger partial charge in [-0.1, -0.05) is 65.2 Å². The zero-order valence-corrected chi connectivity index (χ0v) is 11.6. The van der Waals surface area contributed by atoms with E-state index in [0.717, 1.165) is 13.1 Å². The number of hydrogen-bond acceptors (Lipinski definition) is 2. The van der Waals surface area contributed by atoms with Crippen LogP contribution in [0.25, 0.3) is 0 Å². The number of rotatable bonds is 11. The average Bonchev–Trinajstić information content (AvgIpc) is 2.34. The third kappa shape index (κ3) is 19.5. The Balaban J connectivity index is 0. The van der Waals surface area contributed by atoms with E-state index in [2.05, 4.69) is 0 Å². The van der Waals surface area contributed by atoms with Crippen LogP contribution in [0.1, 0.15) is 78.1 Å². The fourth-order valence-electron chi connectivity index (χ4n) is 1.70. The van der Waals surface area contributed by atoms with E-state index in [1.807, 2.05) is 13.8 Å². The molecule has 0 aromatic carbocycles. The lowest BCUT2D eigenvalue weighted by atomic mass is 10.1. The van der Waals surface area contributed by atoms with Gasteiger partial charge in [0.2, 0.25) is 0 Å². The standard InChI is InChI=1S/C12H28N2.C2H6/c13-11-9-7-5-3-1-2-4-6-8-10-12-14;1-2/h1-14H2;1-2H3. The second kappa shape index (κ2) is 20.3. The molecular weight excluding hydrogens is 196 g/mol. The summed E-state index contributed by atoms with van der Waals surface area (Å²) in [6.07, 6.45) is 13.4. The van der Waals surface area contributed by atoms with Crippen LogP contribution in [0.2, 0.25) is 0 Å². The molecule has 0 aliphatic carbocycles. The van der Waals surface area contributed by atoms with Gasteiger partial charge in [-0.3, -0.25) is 0 Å². The van der Waals surface area contributed by atoms with E-state index in [9.17, 15) is 0 Å². The molecule has 100 valence electrons. The molecule has 0 rings (SSSR count). The highest BCUT2D eigenvalue weighted by Crippen LogP contribution is 2.09. The van der Waals surface area contributed by atoms with Gasteiger partial charge in [0.1, 0.15) is 0 Å². The lowest BCUT2D eigenvalue weighted by Gasteiger charge is -2.01. The Hall–Kier alpha value is -0.0800. The average molecular weight is 230 g/mol. The number of unbranched alkanes of at least 4 members (excludes halogenated alkanes) is 9. The molecule has 16 heavy (non-hydrogen) atoms. The van der Waals surface area contributed by atoms with E-state index in [-0.39, 0.29) is 0 Å². The fourth-order valence-corrected chi connectivity index (χ4v) is 1.70. The molecule has 2 nitrogen and oxygen atoms in total. The van der Waals surface area contributed by atoms with Crippen molar-refractivity contribution in [2.24, 2.45) is 11.5 Å².